The number of hydrogen-bond donors (Lipinski definition) is 3. The van der Waals surface area contributed by atoms with E-state index in [1.807, 2.05) is 0 Å². The van der Waals surface area contributed by atoms with Gasteiger partial charge in [0.1, 0.15) is 19.3 Å². The van der Waals surface area contributed by atoms with E-state index in [-0.39, 0.29) is 25.7 Å². The first kappa shape index (κ1) is 76.1. The Morgan fingerprint density at radius 1 is 0.346 bits per heavy atom. The molecule has 0 radical (unpaired) electrons. The van der Waals surface area contributed by atoms with Crippen LogP contribution < -0.4 is 0 Å². The van der Waals surface area contributed by atoms with Gasteiger partial charge in [0.05, 0.1) is 26.4 Å². The maximum absolute atomic E-state index is 12.9. The van der Waals surface area contributed by atoms with Gasteiger partial charge in [-0.15, -0.1) is 0 Å². The van der Waals surface area contributed by atoms with Crippen molar-refractivity contribution in [3.05, 3.63) is 0 Å². The van der Waals surface area contributed by atoms with Gasteiger partial charge in [-0.2, -0.15) is 0 Å². The van der Waals surface area contributed by atoms with Crippen LogP contribution >= 0.6 is 15.6 Å². The van der Waals surface area contributed by atoms with Gasteiger partial charge in [-0.1, -0.05) is 240 Å². The molecule has 0 aliphatic rings. The van der Waals surface area contributed by atoms with Crippen LogP contribution in [0.25, 0.3) is 0 Å². The van der Waals surface area contributed by atoms with Crippen molar-refractivity contribution in [2.24, 2.45) is 5.92 Å². The van der Waals surface area contributed by atoms with Gasteiger partial charge >= 0.3 is 39.5 Å². The first-order valence-corrected chi connectivity index (χ1v) is 34.1. The molecular formula is C59H114O17P2. The molecule has 0 fully saturated rings. The number of unbranched alkanes of at least 4 members (excludes halogenated alkanes) is 31. The summed E-state index contributed by atoms with van der Waals surface area (Å²) in [4.78, 5) is 71.4. The van der Waals surface area contributed by atoms with E-state index in [0.717, 1.165) is 103 Å². The Hall–Kier alpha value is -1.94. The third-order valence-corrected chi connectivity index (χ3v) is 15.4. The van der Waals surface area contributed by atoms with E-state index in [9.17, 15) is 43.2 Å². The van der Waals surface area contributed by atoms with Crippen molar-refractivity contribution in [1.82, 2.24) is 0 Å². The Balaban J connectivity index is 5.07. The predicted octanol–water partition coefficient (Wildman–Crippen LogP) is 15.8. The molecule has 0 rings (SSSR count). The molecule has 0 heterocycles. The molecule has 17 nitrogen and oxygen atoms in total. The number of carbonyl (C=O) groups excluding carboxylic acids is 4. The first-order valence-electron chi connectivity index (χ1n) is 31.1. The van der Waals surface area contributed by atoms with E-state index in [1.165, 1.54) is 103 Å². The van der Waals surface area contributed by atoms with Crippen molar-refractivity contribution >= 4 is 39.5 Å². The van der Waals surface area contributed by atoms with E-state index >= 15 is 0 Å². The van der Waals surface area contributed by atoms with Crippen LogP contribution in [-0.2, 0) is 65.4 Å². The van der Waals surface area contributed by atoms with Crippen LogP contribution in [0.2, 0.25) is 0 Å². The minimum atomic E-state index is -4.94. The molecule has 0 aromatic rings. The van der Waals surface area contributed by atoms with Gasteiger partial charge < -0.3 is 33.8 Å². The van der Waals surface area contributed by atoms with Crippen molar-refractivity contribution in [3.8, 4) is 0 Å². The Morgan fingerprint density at radius 2 is 0.590 bits per heavy atom. The maximum Gasteiger partial charge on any atom is 0.472 e. The molecule has 78 heavy (non-hydrogen) atoms. The fourth-order valence-corrected chi connectivity index (χ4v) is 10.3. The number of hydrogen-bond acceptors (Lipinski definition) is 15. The van der Waals surface area contributed by atoms with E-state index in [2.05, 4.69) is 34.6 Å². The van der Waals surface area contributed by atoms with Crippen molar-refractivity contribution in [2.75, 3.05) is 39.6 Å². The van der Waals surface area contributed by atoms with Gasteiger partial charge in [0.2, 0.25) is 0 Å². The fraction of sp³-hybridized carbons (Fsp3) is 0.932. The lowest BCUT2D eigenvalue weighted by Crippen LogP contribution is -2.30. The Labute approximate surface area is 473 Å². The standard InChI is InChI=1S/C59H114O17P2/c1-6-9-12-15-16-17-18-19-20-21-22-23-24-25-26-29-35-40-45-59(64)76-55(49-70-57(62)43-38-34-30-27-28-33-36-41-52(4)5)51-74-78(67,68)72-47-53(60)46-71-77(65,66)73-50-54(75-58(63)44-39-32-14-11-8-3)48-69-56(61)42-37-31-13-10-7-2/h52-55,60H,6-51H2,1-5H3,(H,65,66)(H,67,68)/t53-,54+,55+/m0/s1. The summed E-state index contributed by atoms with van der Waals surface area (Å²) in [5.41, 5.74) is 0. The molecule has 0 aromatic carbocycles. The third kappa shape index (κ3) is 53.4. The number of aliphatic hydroxyl groups excluding tert-OH is 1. The molecule has 0 saturated carbocycles. The van der Waals surface area contributed by atoms with Crippen LogP contribution in [-0.4, -0.2) is 96.7 Å². The van der Waals surface area contributed by atoms with Crippen LogP contribution in [0.5, 0.6) is 0 Å². The topological polar surface area (TPSA) is 237 Å². The average Bonchev–Trinajstić information content (AvgIpc) is 3.40. The molecule has 5 atom stereocenters. The second kappa shape index (κ2) is 53.1. The molecule has 0 aliphatic carbocycles. The van der Waals surface area contributed by atoms with Gasteiger partial charge in [-0.3, -0.25) is 37.3 Å². The maximum atomic E-state index is 12.9. The lowest BCUT2D eigenvalue weighted by Gasteiger charge is -2.21. The minimum absolute atomic E-state index is 0.0987. The van der Waals surface area contributed by atoms with Gasteiger partial charge in [-0.25, -0.2) is 9.13 Å². The molecule has 2 unspecified atom stereocenters. The van der Waals surface area contributed by atoms with Crippen LogP contribution in [0.4, 0.5) is 0 Å². The molecule has 462 valence electrons. The van der Waals surface area contributed by atoms with E-state index in [4.69, 9.17) is 37.0 Å². The van der Waals surface area contributed by atoms with Crippen LogP contribution in [0.1, 0.15) is 291 Å². The molecular weight excluding hydrogens is 1040 g/mol. The van der Waals surface area contributed by atoms with Gasteiger partial charge in [0.25, 0.3) is 0 Å². The Kier molecular flexibility index (Phi) is 51.8. The number of aliphatic hydroxyl groups is 1. The number of phosphoric ester groups is 2. The second-order valence-corrected chi connectivity index (χ2v) is 24.8. The first-order chi connectivity index (χ1) is 37.5. The third-order valence-electron chi connectivity index (χ3n) is 13.5. The smallest absolute Gasteiger partial charge is 0.462 e. The monoisotopic (exact) mass is 1160 g/mol. The summed E-state index contributed by atoms with van der Waals surface area (Å²) >= 11 is 0. The quantitative estimate of drug-likeness (QED) is 0.0222. The summed E-state index contributed by atoms with van der Waals surface area (Å²) in [6, 6.07) is 0. The van der Waals surface area contributed by atoms with Gasteiger partial charge in [-0.05, 0) is 31.6 Å². The minimum Gasteiger partial charge on any atom is -0.462 e. The summed E-state index contributed by atoms with van der Waals surface area (Å²) in [5, 5.41) is 10.5. The Morgan fingerprint density at radius 3 is 0.872 bits per heavy atom. The van der Waals surface area contributed by atoms with E-state index < -0.39 is 97.5 Å². The Bertz CT molecular complexity index is 1530. The molecule has 0 saturated heterocycles. The number of ether oxygens (including phenoxy) is 4. The van der Waals surface area contributed by atoms with Crippen molar-refractivity contribution < 1.29 is 80.2 Å². The lowest BCUT2D eigenvalue weighted by molar-refractivity contribution is -0.161. The van der Waals surface area contributed by atoms with E-state index in [1.54, 1.807) is 0 Å². The summed E-state index contributed by atoms with van der Waals surface area (Å²) in [6.07, 6.45) is 35.8. The zero-order valence-corrected chi connectivity index (χ0v) is 51.6. The van der Waals surface area contributed by atoms with Gasteiger partial charge in [0, 0.05) is 25.7 Å². The van der Waals surface area contributed by atoms with E-state index in [0.29, 0.717) is 31.6 Å². The van der Waals surface area contributed by atoms with Crippen molar-refractivity contribution in [3.63, 3.8) is 0 Å². The highest BCUT2D eigenvalue weighted by molar-refractivity contribution is 7.47. The number of carbonyl (C=O) groups is 4. The summed E-state index contributed by atoms with van der Waals surface area (Å²) < 4.78 is 67.3. The molecule has 0 spiro atoms. The summed E-state index contributed by atoms with van der Waals surface area (Å²) in [6.45, 7) is 6.92. The number of rotatable bonds is 59. The highest BCUT2D eigenvalue weighted by Gasteiger charge is 2.30. The normalized spacial score (nSPS) is 14.4. The predicted molar refractivity (Wildman–Crippen MR) is 308 cm³/mol. The fourth-order valence-electron chi connectivity index (χ4n) is 8.70. The van der Waals surface area contributed by atoms with Crippen LogP contribution in [0, 0.1) is 5.92 Å². The molecule has 0 aromatic heterocycles. The molecule has 19 heteroatoms. The highest BCUT2D eigenvalue weighted by atomic mass is 31.2. The molecule has 0 aliphatic heterocycles. The van der Waals surface area contributed by atoms with Gasteiger partial charge in [0.15, 0.2) is 12.2 Å². The molecule has 0 bridgehead atoms. The molecule has 3 N–H and O–H groups in total. The largest absolute Gasteiger partial charge is 0.472 e. The number of phosphoric acid groups is 2. The van der Waals surface area contributed by atoms with Crippen LogP contribution in [0.15, 0.2) is 0 Å². The summed E-state index contributed by atoms with van der Waals surface area (Å²) in [7, 11) is -9.86. The number of esters is 4. The lowest BCUT2D eigenvalue weighted by atomic mass is 10.0. The van der Waals surface area contributed by atoms with Crippen LogP contribution in [0.3, 0.4) is 0 Å². The SMILES string of the molecule is CCCCCCCCCCCCCCCCCCCCC(=O)O[C@H](COC(=O)CCCCCCCCCC(C)C)COP(=O)(O)OC[C@@H](O)COP(=O)(O)OC[C@@H](COC(=O)CCCCCCC)OC(=O)CCCCCCC. The highest BCUT2D eigenvalue weighted by Crippen LogP contribution is 2.45. The molecule has 0 amide bonds. The van der Waals surface area contributed by atoms with Crippen molar-refractivity contribution in [1.29, 1.82) is 0 Å². The summed E-state index contributed by atoms with van der Waals surface area (Å²) in [5.74, 6) is -1.46. The second-order valence-electron chi connectivity index (χ2n) is 21.9. The zero-order valence-electron chi connectivity index (χ0n) is 49.8. The van der Waals surface area contributed by atoms with Crippen molar-refractivity contribution in [2.45, 2.75) is 310 Å². The average molecular weight is 1160 g/mol. The zero-order chi connectivity index (χ0) is 57.8.